The third-order valence-corrected chi connectivity index (χ3v) is 6.42. The van der Waals surface area contributed by atoms with Crippen molar-refractivity contribution in [2.45, 2.75) is 39.0 Å². The number of hydrogen-bond donors (Lipinski definition) is 0. The molecule has 1 atom stereocenters. The van der Waals surface area contributed by atoms with Crippen LogP contribution in [0.15, 0.2) is 83.9 Å². The number of nitrogens with zero attached hydrogens (tertiary/aromatic N) is 3. The van der Waals surface area contributed by atoms with E-state index in [1.54, 1.807) is 21.5 Å². The first kappa shape index (κ1) is 22.9. The Morgan fingerprint density at radius 1 is 0.971 bits per heavy atom. The first-order valence-corrected chi connectivity index (χ1v) is 11.4. The van der Waals surface area contributed by atoms with Gasteiger partial charge in [-0.2, -0.15) is 13.2 Å². The number of aromatic nitrogens is 3. The average molecular weight is 476 g/mol. The molecular formula is C28H24F3N3O. The van der Waals surface area contributed by atoms with Crippen LogP contribution in [0, 0.1) is 6.92 Å². The van der Waals surface area contributed by atoms with Crippen LogP contribution in [0.3, 0.4) is 0 Å². The van der Waals surface area contributed by atoms with Gasteiger partial charge in [-0.15, -0.1) is 0 Å². The summed E-state index contributed by atoms with van der Waals surface area (Å²) in [5, 5.41) is 0.812. The van der Waals surface area contributed by atoms with Gasteiger partial charge in [0.1, 0.15) is 11.0 Å². The van der Waals surface area contributed by atoms with Gasteiger partial charge in [-0.3, -0.25) is 9.36 Å². The van der Waals surface area contributed by atoms with E-state index in [2.05, 4.69) is 4.98 Å². The zero-order valence-corrected chi connectivity index (χ0v) is 19.4. The molecule has 3 aromatic carbocycles. The second kappa shape index (κ2) is 8.73. The fraction of sp³-hybridized carbons (Fsp3) is 0.214. The quantitative estimate of drug-likeness (QED) is 0.290. The Bertz CT molecular complexity index is 1580. The van der Waals surface area contributed by atoms with Crippen LogP contribution < -0.4 is 5.56 Å². The molecule has 0 N–H and O–H groups in total. The maximum Gasteiger partial charge on any atom is 0.416 e. The first-order valence-electron chi connectivity index (χ1n) is 11.4. The van der Waals surface area contributed by atoms with E-state index < -0.39 is 11.7 Å². The zero-order valence-electron chi connectivity index (χ0n) is 19.4. The monoisotopic (exact) mass is 475 g/mol. The lowest BCUT2D eigenvalue weighted by Crippen LogP contribution is -2.24. The van der Waals surface area contributed by atoms with Crippen LogP contribution in [0.5, 0.6) is 0 Å². The molecule has 2 heterocycles. The van der Waals surface area contributed by atoms with Gasteiger partial charge < -0.3 is 4.57 Å². The molecule has 0 saturated heterocycles. The molecule has 0 aliphatic carbocycles. The highest BCUT2D eigenvalue weighted by Gasteiger charge is 2.30. The van der Waals surface area contributed by atoms with Crippen molar-refractivity contribution in [3.8, 4) is 0 Å². The van der Waals surface area contributed by atoms with Gasteiger partial charge in [0.2, 0.25) is 0 Å². The summed E-state index contributed by atoms with van der Waals surface area (Å²) in [4.78, 5) is 18.3. The highest BCUT2D eigenvalue weighted by Crippen LogP contribution is 2.31. The molecule has 0 spiro atoms. The lowest BCUT2D eigenvalue weighted by Gasteiger charge is -2.14. The molecule has 0 amide bonds. The predicted octanol–water partition coefficient (Wildman–Crippen LogP) is 6.53. The van der Waals surface area contributed by atoms with Crippen molar-refractivity contribution < 1.29 is 13.2 Å². The van der Waals surface area contributed by atoms with Gasteiger partial charge in [-0.25, -0.2) is 4.98 Å². The van der Waals surface area contributed by atoms with E-state index in [0.29, 0.717) is 23.1 Å². The fourth-order valence-electron chi connectivity index (χ4n) is 4.62. The molecule has 0 radical (unpaired) electrons. The topological polar surface area (TPSA) is 39.8 Å². The molecule has 7 heteroatoms. The second-order valence-electron chi connectivity index (χ2n) is 9.02. The lowest BCUT2D eigenvalue weighted by molar-refractivity contribution is -0.137. The number of aryl methyl sites for hydroxylation is 1. The van der Waals surface area contributed by atoms with Crippen LogP contribution in [-0.2, 0) is 19.3 Å². The summed E-state index contributed by atoms with van der Waals surface area (Å²) in [5.41, 5.74) is 3.39. The number of halogens is 3. The Morgan fingerprint density at radius 2 is 1.74 bits per heavy atom. The Labute approximate surface area is 200 Å². The number of rotatable bonds is 5. The van der Waals surface area contributed by atoms with E-state index in [1.165, 1.54) is 6.07 Å². The normalized spacial score (nSPS) is 12.9. The van der Waals surface area contributed by atoms with E-state index in [1.807, 2.05) is 62.4 Å². The Hall–Kier alpha value is -3.87. The van der Waals surface area contributed by atoms with Gasteiger partial charge in [0.15, 0.2) is 0 Å². The minimum absolute atomic E-state index is 0.0803. The summed E-state index contributed by atoms with van der Waals surface area (Å²) in [6, 6.07) is 20.9. The molecule has 178 valence electrons. The van der Waals surface area contributed by atoms with E-state index in [9.17, 15) is 18.0 Å². The average Bonchev–Trinajstić information content (AvgIpc) is 3.14. The van der Waals surface area contributed by atoms with Crippen molar-refractivity contribution in [2.24, 2.45) is 0 Å². The third kappa shape index (κ3) is 4.34. The van der Waals surface area contributed by atoms with Gasteiger partial charge >= 0.3 is 6.18 Å². The number of fused-ring (bicyclic) bond motifs is 3. The molecule has 4 nitrogen and oxygen atoms in total. The number of hydrogen-bond acceptors (Lipinski definition) is 2. The van der Waals surface area contributed by atoms with Crippen LogP contribution in [0.1, 0.15) is 35.1 Å². The highest BCUT2D eigenvalue weighted by molar-refractivity contribution is 6.05. The number of benzene rings is 3. The molecule has 0 fully saturated rings. The smallest absolute Gasteiger partial charge is 0.330 e. The molecule has 2 aromatic heterocycles. The first-order chi connectivity index (χ1) is 16.7. The Kier molecular flexibility index (Phi) is 5.71. The maximum absolute atomic E-state index is 13.7. The van der Waals surface area contributed by atoms with Gasteiger partial charge in [0.25, 0.3) is 5.56 Å². The summed E-state index contributed by atoms with van der Waals surface area (Å²) in [6.45, 7) is 4.57. The van der Waals surface area contributed by atoms with Crippen LogP contribution >= 0.6 is 0 Å². The predicted molar refractivity (Wildman–Crippen MR) is 132 cm³/mol. The van der Waals surface area contributed by atoms with Crippen LogP contribution in [0.4, 0.5) is 13.2 Å². The van der Waals surface area contributed by atoms with E-state index in [-0.39, 0.29) is 18.0 Å². The van der Waals surface area contributed by atoms with Crippen molar-refractivity contribution in [3.05, 3.63) is 112 Å². The number of alkyl halides is 3. The Balaban J connectivity index is 1.65. The third-order valence-electron chi connectivity index (χ3n) is 6.42. The van der Waals surface area contributed by atoms with Crippen LogP contribution in [0.2, 0.25) is 0 Å². The van der Waals surface area contributed by atoms with Gasteiger partial charge in [0, 0.05) is 18.5 Å². The summed E-state index contributed by atoms with van der Waals surface area (Å²) >= 11 is 0. The van der Waals surface area contributed by atoms with E-state index >= 15 is 0 Å². The highest BCUT2D eigenvalue weighted by atomic mass is 19.4. The molecule has 5 aromatic rings. The molecule has 0 unspecified atom stereocenters. The van der Waals surface area contributed by atoms with Crippen molar-refractivity contribution in [3.63, 3.8) is 0 Å². The summed E-state index contributed by atoms with van der Waals surface area (Å²) < 4.78 is 43.3. The summed E-state index contributed by atoms with van der Waals surface area (Å²) in [5.74, 6) is 0.0803. The second-order valence-corrected chi connectivity index (χ2v) is 9.02. The molecule has 35 heavy (non-hydrogen) atoms. The summed E-state index contributed by atoms with van der Waals surface area (Å²) in [6.07, 6.45) is -2.86. The van der Waals surface area contributed by atoms with Crippen LogP contribution in [0.25, 0.3) is 21.9 Å². The molecular weight excluding hydrogens is 451 g/mol. The SMILES string of the molecule is Cc1ccc2c(c1)c1ncn(C[C@H](C)c3ccccc3)c(=O)c1n2Cc1cccc(C(F)(F)F)c1. The lowest BCUT2D eigenvalue weighted by atomic mass is 10.0. The molecule has 0 bridgehead atoms. The standard InChI is InChI=1S/C28H24F3N3O/c1-18-11-12-24-23(13-18)25-26(34(24)16-20-7-6-10-22(14-20)28(29,30)31)27(35)33(17-32-25)15-19(2)21-8-4-3-5-9-21/h3-14,17,19H,15-16H2,1-2H3/t19-/m0/s1. The largest absolute Gasteiger partial charge is 0.416 e. The van der Waals surface area contributed by atoms with Crippen LogP contribution in [-0.4, -0.2) is 14.1 Å². The summed E-state index contributed by atoms with van der Waals surface area (Å²) in [7, 11) is 0. The minimum atomic E-state index is -4.43. The molecule has 0 aliphatic heterocycles. The van der Waals surface area contributed by atoms with Gasteiger partial charge in [-0.05, 0) is 48.2 Å². The molecule has 0 aliphatic rings. The van der Waals surface area contributed by atoms with E-state index in [0.717, 1.165) is 34.2 Å². The minimum Gasteiger partial charge on any atom is -0.330 e. The van der Waals surface area contributed by atoms with Crippen molar-refractivity contribution >= 4 is 21.9 Å². The molecule has 0 saturated carbocycles. The van der Waals surface area contributed by atoms with Crippen molar-refractivity contribution in [1.82, 2.24) is 14.1 Å². The van der Waals surface area contributed by atoms with Gasteiger partial charge in [-0.1, -0.05) is 61.0 Å². The Morgan fingerprint density at radius 3 is 2.49 bits per heavy atom. The van der Waals surface area contributed by atoms with Crippen molar-refractivity contribution in [1.29, 1.82) is 0 Å². The zero-order chi connectivity index (χ0) is 24.7. The maximum atomic E-state index is 13.7. The van der Waals surface area contributed by atoms with Crippen molar-refractivity contribution in [2.75, 3.05) is 0 Å². The van der Waals surface area contributed by atoms with Gasteiger partial charge in [0.05, 0.1) is 17.4 Å². The van der Waals surface area contributed by atoms with E-state index in [4.69, 9.17) is 0 Å². The fourth-order valence-corrected chi connectivity index (χ4v) is 4.62. The molecule has 5 rings (SSSR count).